The third-order valence-electron chi connectivity index (χ3n) is 4.08. The number of rotatable bonds is 5. The van der Waals surface area contributed by atoms with Crippen molar-refractivity contribution < 1.29 is 4.79 Å². The van der Waals surface area contributed by atoms with Crippen LogP contribution in [0.5, 0.6) is 0 Å². The SMILES string of the molecule is Cc1cccc(NC(=O)CN2CCN(Cc3cnc(N)s3)CC2)c1. The van der Waals surface area contributed by atoms with Crippen LogP contribution in [0.25, 0.3) is 0 Å². The molecule has 2 aromatic rings. The van der Waals surface area contributed by atoms with Gasteiger partial charge in [0.25, 0.3) is 0 Å². The maximum Gasteiger partial charge on any atom is 0.238 e. The van der Waals surface area contributed by atoms with Crippen molar-refractivity contribution in [1.82, 2.24) is 14.8 Å². The Hall–Kier alpha value is -1.96. The number of carbonyl (C=O) groups is 1. The molecule has 3 N–H and O–H groups in total. The van der Waals surface area contributed by atoms with Crippen LogP contribution < -0.4 is 11.1 Å². The first-order valence-electron chi connectivity index (χ1n) is 8.10. The molecule has 0 radical (unpaired) electrons. The molecular weight excluding hydrogens is 322 g/mol. The number of nitrogens with two attached hydrogens (primary N) is 1. The molecule has 1 saturated heterocycles. The van der Waals surface area contributed by atoms with E-state index in [0.29, 0.717) is 11.7 Å². The molecule has 0 unspecified atom stereocenters. The van der Waals surface area contributed by atoms with Crippen LogP contribution in [0.4, 0.5) is 10.8 Å². The number of carbonyl (C=O) groups excluding carboxylic acids is 1. The van der Waals surface area contributed by atoms with Crippen LogP contribution in [0.3, 0.4) is 0 Å². The van der Waals surface area contributed by atoms with E-state index in [9.17, 15) is 4.79 Å². The van der Waals surface area contributed by atoms with Crippen LogP contribution in [0, 0.1) is 6.92 Å². The minimum Gasteiger partial charge on any atom is -0.375 e. The van der Waals surface area contributed by atoms with E-state index >= 15 is 0 Å². The first kappa shape index (κ1) is 16.9. The van der Waals surface area contributed by atoms with E-state index in [-0.39, 0.29) is 5.91 Å². The summed E-state index contributed by atoms with van der Waals surface area (Å²) in [5.74, 6) is 0.0456. The van der Waals surface area contributed by atoms with Gasteiger partial charge in [0.15, 0.2) is 5.13 Å². The van der Waals surface area contributed by atoms with E-state index in [0.717, 1.165) is 44.0 Å². The molecule has 1 fully saturated rings. The number of nitrogen functional groups attached to an aromatic ring is 1. The third kappa shape index (κ3) is 4.77. The van der Waals surface area contributed by atoms with Gasteiger partial charge in [0.1, 0.15) is 0 Å². The zero-order chi connectivity index (χ0) is 16.9. The molecule has 1 aromatic heterocycles. The van der Waals surface area contributed by atoms with E-state index in [1.165, 1.54) is 4.88 Å². The molecule has 3 rings (SSSR count). The summed E-state index contributed by atoms with van der Waals surface area (Å²) in [6, 6.07) is 7.88. The van der Waals surface area contributed by atoms with Gasteiger partial charge in [-0.2, -0.15) is 0 Å². The van der Waals surface area contributed by atoms with Crippen molar-refractivity contribution >= 4 is 28.1 Å². The van der Waals surface area contributed by atoms with E-state index < -0.39 is 0 Å². The van der Waals surface area contributed by atoms with Crippen molar-refractivity contribution in [2.24, 2.45) is 0 Å². The van der Waals surface area contributed by atoms with Gasteiger partial charge in [-0.1, -0.05) is 12.1 Å². The Morgan fingerprint density at radius 2 is 2.04 bits per heavy atom. The number of benzene rings is 1. The first-order chi connectivity index (χ1) is 11.6. The average Bonchev–Trinajstić information content (AvgIpc) is 2.94. The minimum atomic E-state index is 0.0456. The van der Waals surface area contributed by atoms with Crippen LogP contribution in [0.1, 0.15) is 10.4 Å². The number of hydrogen-bond acceptors (Lipinski definition) is 6. The zero-order valence-electron chi connectivity index (χ0n) is 13.9. The fourth-order valence-corrected chi connectivity index (χ4v) is 3.57. The lowest BCUT2D eigenvalue weighted by molar-refractivity contribution is -0.117. The molecule has 128 valence electrons. The number of aromatic nitrogens is 1. The molecule has 1 aliphatic heterocycles. The van der Waals surface area contributed by atoms with Crippen molar-refractivity contribution in [3.63, 3.8) is 0 Å². The predicted octanol–water partition coefficient (Wildman–Crippen LogP) is 1.79. The Balaban J connectivity index is 1.42. The lowest BCUT2D eigenvalue weighted by Crippen LogP contribution is -2.48. The lowest BCUT2D eigenvalue weighted by atomic mass is 10.2. The van der Waals surface area contributed by atoms with Crippen molar-refractivity contribution in [3.8, 4) is 0 Å². The number of aryl methyl sites for hydroxylation is 1. The fourth-order valence-electron chi connectivity index (χ4n) is 2.85. The van der Waals surface area contributed by atoms with Gasteiger partial charge in [-0.25, -0.2) is 4.98 Å². The molecule has 1 aliphatic rings. The van der Waals surface area contributed by atoms with E-state index in [1.54, 1.807) is 11.3 Å². The van der Waals surface area contributed by atoms with Crippen molar-refractivity contribution in [1.29, 1.82) is 0 Å². The summed E-state index contributed by atoms with van der Waals surface area (Å²) < 4.78 is 0. The lowest BCUT2D eigenvalue weighted by Gasteiger charge is -2.33. The number of nitrogens with zero attached hydrogens (tertiary/aromatic N) is 3. The normalized spacial score (nSPS) is 16.2. The van der Waals surface area contributed by atoms with Crippen LogP contribution in [-0.4, -0.2) is 53.4 Å². The number of piperazine rings is 1. The highest BCUT2D eigenvalue weighted by atomic mass is 32.1. The Kier molecular flexibility index (Phi) is 5.44. The third-order valence-corrected chi connectivity index (χ3v) is 4.90. The molecule has 2 heterocycles. The molecule has 0 saturated carbocycles. The Bertz CT molecular complexity index is 694. The molecule has 0 bridgehead atoms. The van der Waals surface area contributed by atoms with Crippen molar-refractivity contribution in [2.75, 3.05) is 43.8 Å². The van der Waals surface area contributed by atoms with E-state index in [4.69, 9.17) is 5.73 Å². The van der Waals surface area contributed by atoms with Gasteiger partial charge in [0.05, 0.1) is 6.54 Å². The first-order valence-corrected chi connectivity index (χ1v) is 8.91. The zero-order valence-corrected chi connectivity index (χ0v) is 14.7. The summed E-state index contributed by atoms with van der Waals surface area (Å²) in [5.41, 5.74) is 7.68. The molecule has 0 atom stereocenters. The number of anilines is 2. The summed E-state index contributed by atoms with van der Waals surface area (Å²) in [4.78, 5) is 22.0. The van der Waals surface area contributed by atoms with Crippen molar-refractivity contribution in [2.45, 2.75) is 13.5 Å². The highest BCUT2D eigenvalue weighted by molar-refractivity contribution is 7.15. The number of amides is 1. The van der Waals surface area contributed by atoms with Crippen LogP contribution in [0.15, 0.2) is 30.5 Å². The summed E-state index contributed by atoms with van der Waals surface area (Å²) >= 11 is 1.54. The molecule has 7 heteroatoms. The average molecular weight is 345 g/mol. The second-order valence-electron chi connectivity index (χ2n) is 6.13. The van der Waals surface area contributed by atoms with Gasteiger partial charge in [-0.15, -0.1) is 11.3 Å². The standard InChI is InChI=1S/C17H23N5OS/c1-13-3-2-4-14(9-13)20-16(23)12-22-7-5-21(6-8-22)11-15-10-19-17(18)24-15/h2-4,9-10H,5-8,11-12H2,1H3,(H2,18,19)(H,20,23). The van der Waals surface area contributed by atoms with Crippen molar-refractivity contribution in [3.05, 3.63) is 40.9 Å². The second-order valence-corrected chi connectivity index (χ2v) is 7.28. The quantitative estimate of drug-likeness (QED) is 0.864. The van der Waals surface area contributed by atoms with Crippen LogP contribution in [-0.2, 0) is 11.3 Å². The van der Waals surface area contributed by atoms with Gasteiger partial charge in [0, 0.05) is 49.5 Å². The van der Waals surface area contributed by atoms with Gasteiger partial charge in [0.2, 0.25) is 5.91 Å². The predicted molar refractivity (Wildman–Crippen MR) is 98.1 cm³/mol. The van der Waals surface area contributed by atoms with E-state index in [1.807, 2.05) is 37.4 Å². The molecule has 6 nitrogen and oxygen atoms in total. The van der Waals surface area contributed by atoms with Crippen LogP contribution >= 0.6 is 11.3 Å². The molecule has 24 heavy (non-hydrogen) atoms. The largest absolute Gasteiger partial charge is 0.375 e. The van der Waals surface area contributed by atoms with Crippen LogP contribution in [0.2, 0.25) is 0 Å². The molecule has 1 amide bonds. The molecule has 0 aliphatic carbocycles. The highest BCUT2D eigenvalue weighted by Gasteiger charge is 2.19. The Labute approximate surface area is 146 Å². The topological polar surface area (TPSA) is 74.5 Å². The van der Waals surface area contributed by atoms with Gasteiger partial charge < -0.3 is 11.1 Å². The molecule has 1 aromatic carbocycles. The molecular formula is C17H23N5OS. The van der Waals surface area contributed by atoms with Gasteiger partial charge in [-0.05, 0) is 24.6 Å². The minimum absolute atomic E-state index is 0.0456. The Morgan fingerprint density at radius 1 is 1.29 bits per heavy atom. The summed E-state index contributed by atoms with van der Waals surface area (Å²) in [7, 11) is 0. The maximum atomic E-state index is 12.2. The highest BCUT2D eigenvalue weighted by Crippen LogP contribution is 2.17. The smallest absolute Gasteiger partial charge is 0.238 e. The maximum absolute atomic E-state index is 12.2. The Morgan fingerprint density at radius 3 is 2.71 bits per heavy atom. The summed E-state index contributed by atoms with van der Waals surface area (Å²) in [6.45, 7) is 7.05. The van der Waals surface area contributed by atoms with Gasteiger partial charge in [-0.3, -0.25) is 14.6 Å². The van der Waals surface area contributed by atoms with E-state index in [2.05, 4.69) is 20.1 Å². The summed E-state index contributed by atoms with van der Waals surface area (Å²) in [5, 5.41) is 3.59. The number of thiazole rings is 1. The number of hydrogen-bond donors (Lipinski definition) is 2. The second kappa shape index (κ2) is 7.74. The fraction of sp³-hybridized carbons (Fsp3) is 0.412. The number of nitrogens with one attached hydrogen (secondary N) is 1. The monoisotopic (exact) mass is 345 g/mol. The van der Waals surface area contributed by atoms with Gasteiger partial charge >= 0.3 is 0 Å². The molecule has 0 spiro atoms. The summed E-state index contributed by atoms with van der Waals surface area (Å²) in [6.07, 6.45) is 1.85.